The van der Waals surface area contributed by atoms with Crippen LogP contribution in [0.3, 0.4) is 0 Å². The summed E-state index contributed by atoms with van der Waals surface area (Å²) in [5.41, 5.74) is 3.01. The summed E-state index contributed by atoms with van der Waals surface area (Å²) in [6.45, 7) is 4.76. The molecule has 9 nitrogen and oxygen atoms in total. The van der Waals surface area contributed by atoms with Crippen LogP contribution in [0.25, 0.3) is 0 Å². The molecule has 0 saturated heterocycles. The van der Waals surface area contributed by atoms with Crippen LogP contribution in [0.1, 0.15) is 30.0 Å². The van der Waals surface area contributed by atoms with Crippen LogP contribution in [0.4, 0.5) is 5.69 Å². The van der Waals surface area contributed by atoms with Crippen LogP contribution in [0.2, 0.25) is 0 Å². The van der Waals surface area contributed by atoms with Gasteiger partial charge in [-0.3, -0.25) is 13.9 Å². The minimum atomic E-state index is -3.88. The van der Waals surface area contributed by atoms with Crippen molar-refractivity contribution in [2.24, 2.45) is 0 Å². The lowest BCUT2D eigenvalue weighted by Gasteiger charge is -2.33. The molecule has 1 aliphatic rings. The predicted octanol–water partition coefficient (Wildman–Crippen LogP) is 3.70. The van der Waals surface area contributed by atoms with Crippen molar-refractivity contribution < 1.29 is 27.5 Å². The number of benzene rings is 3. The number of hydrogen-bond donors (Lipinski definition) is 1. The van der Waals surface area contributed by atoms with E-state index in [0.29, 0.717) is 31.3 Å². The third-order valence-corrected chi connectivity index (χ3v) is 7.89. The van der Waals surface area contributed by atoms with Crippen LogP contribution in [-0.4, -0.2) is 63.7 Å². The van der Waals surface area contributed by atoms with E-state index in [-0.39, 0.29) is 24.6 Å². The fourth-order valence-corrected chi connectivity index (χ4v) is 5.57. The molecule has 0 spiro atoms. The van der Waals surface area contributed by atoms with E-state index in [9.17, 15) is 18.0 Å². The van der Waals surface area contributed by atoms with Gasteiger partial charge < -0.3 is 19.7 Å². The van der Waals surface area contributed by atoms with E-state index in [2.05, 4.69) is 5.32 Å². The summed E-state index contributed by atoms with van der Waals surface area (Å²) in [6.07, 6.45) is 2.07. The number of amides is 2. The third-order valence-electron chi connectivity index (χ3n) is 6.75. The van der Waals surface area contributed by atoms with E-state index in [1.165, 1.54) is 4.90 Å². The predicted molar refractivity (Wildman–Crippen MR) is 159 cm³/mol. The van der Waals surface area contributed by atoms with Crippen LogP contribution in [0, 0.1) is 6.92 Å². The van der Waals surface area contributed by atoms with Crippen molar-refractivity contribution in [1.29, 1.82) is 0 Å². The number of anilines is 1. The molecular weight excluding hydrogens is 542 g/mol. The van der Waals surface area contributed by atoms with Crippen molar-refractivity contribution in [3.8, 4) is 11.5 Å². The minimum absolute atomic E-state index is 0.135. The molecule has 0 bridgehead atoms. The fraction of sp³-hybridized carbons (Fsp3) is 0.355. The zero-order chi connectivity index (χ0) is 29.4. The maximum Gasteiger partial charge on any atom is 0.244 e. The molecule has 1 aliphatic heterocycles. The van der Waals surface area contributed by atoms with Gasteiger partial charge in [0, 0.05) is 25.6 Å². The Kier molecular flexibility index (Phi) is 9.88. The molecule has 3 aromatic rings. The lowest BCUT2D eigenvalue weighted by molar-refractivity contribution is -0.140. The lowest BCUT2D eigenvalue weighted by atomic mass is 10.0. The Hall–Kier alpha value is -4.05. The molecule has 1 unspecified atom stereocenters. The van der Waals surface area contributed by atoms with E-state index in [1.54, 1.807) is 18.2 Å². The Bertz CT molecular complexity index is 1460. The molecule has 218 valence electrons. The van der Waals surface area contributed by atoms with Gasteiger partial charge in [-0.15, -0.1) is 0 Å². The van der Waals surface area contributed by atoms with E-state index >= 15 is 0 Å². The van der Waals surface area contributed by atoms with Gasteiger partial charge in [0.25, 0.3) is 0 Å². The smallest absolute Gasteiger partial charge is 0.244 e. The first-order chi connectivity index (χ1) is 19.7. The van der Waals surface area contributed by atoms with Gasteiger partial charge in [0.1, 0.15) is 25.8 Å². The summed E-state index contributed by atoms with van der Waals surface area (Å²) in [5.74, 6) is 0.130. The summed E-state index contributed by atoms with van der Waals surface area (Å²) in [5, 5.41) is 2.94. The Morgan fingerprint density at radius 2 is 1.63 bits per heavy atom. The van der Waals surface area contributed by atoms with Crippen molar-refractivity contribution in [2.75, 3.05) is 36.9 Å². The summed E-state index contributed by atoms with van der Waals surface area (Å²) in [4.78, 5) is 29.2. The van der Waals surface area contributed by atoms with Crippen molar-refractivity contribution in [3.05, 3.63) is 89.5 Å². The first kappa shape index (κ1) is 29.9. The van der Waals surface area contributed by atoms with Gasteiger partial charge in [-0.2, -0.15) is 0 Å². The monoisotopic (exact) mass is 579 g/mol. The normalized spacial score (nSPS) is 13.2. The standard InChI is InChI=1S/C31H37N3O6S/c1-4-15-32-31(36)27(19-24-10-6-5-7-11-24)33(21-25-12-8-9-23(2)18-25)30(35)22-34(41(3,37)38)26-13-14-28-29(20-26)40-17-16-39-28/h5-14,18,20,27H,4,15-17,19,21-22H2,1-3H3,(H,32,36). The van der Waals surface area contributed by atoms with Crippen molar-refractivity contribution >= 4 is 27.5 Å². The molecule has 4 rings (SSSR count). The highest BCUT2D eigenvalue weighted by Crippen LogP contribution is 2.34. The van der Waals surface area contributed by atoms with Crippen LogP contribution < -0.4 is 19.1 Å². The summed E-state index contributed by atoms with van der Waals surface area (Å²) >= 11 is 0. The minimum Gasteiger partial charge on any atom is -0.486 e. The number of hydrogen-bond acceptors (Lipinski definition) is 6. The van der Waals surface area contributed by atoms with Gasteiger partial charge in [0.15, 0.2) is 11.5 Å². The number of sulfonamides is 1. The average molecular weight is 580 g/mol. The molecule has 0 saturated carbocycles. The summed E-state index contributed by atoms with van der Waals surface area (Å²) in [7, 11) is -3.88. The van der Waals surface area contributed by atoms with E-state index in [4.69, 9.17) is 9.47 Å². The molecule has 0 fully saturated rings. The fourth-order valence-electron chi connectivity index (χ4n) is 4.73. The summed E-state index contributed by atoms with van der Waals surface area (Å²) < 4.78 is 38.3. The number of rotatable bonds is 12. The van der Waals surface area contributed by atoms with Crippen LogP contribution >= 0.6 is 0 Å². The van der Waals surface area contributed by atoms with E-state index in [0.717, 1.165) is 33.7 Å². The molecular formula is C31H37N3O6S. The largest absolute Gasteiger partial charge is 0.486 e. The molecule has 10 heteroatoms. The van der Waals surface area contributed by atoms with E-state index < -0.39 is 28.5 Å². The number of fused-ring (bicyclic) bond motifs is 1. The second-order valence-electron chi connectivity index (χ2n) is 10.1. The van der Waals surface area contributed by atoms with Crippen LogP contribution in [0.5, 0.6) is 11.5 Å². The van der Waals surface area contributed by atoms with Crippen molar-refractivity contribution in [3.63, 3.8) is 0 Å². The number of carbonyl (C=O) groups excluding carboxylic acids is 2. The lowest BCUT2D eigenvalue weighted by Crippen LogP contribution is -2.53. The third kappa shape index (κ3) is 8.00. The Morgan fingerprint density at radius 1 is 0.927 bits per heavy atom. The molecule has 41 heavy (non-hydrogen) atoms. The van der Waals surface area contributed by atoms with Gasteiger partial charge in [-0.1, -0.05) is 67.1 Å². The molecule has 0 aromatic heterocycles. The average Bonchev–Trinajstić information content (AvgIpc) is 2.96. The Morgan fingerprint density at radius 3 is 2.32 bits per heavy atom. The second-order valence-corrected chi connectivity index (χ2v) is 12.0. The van der Waals surface area contributed by atoms with Gasteiger partial charge in [0.2, 0.25) is 21.8 Å². The van der Waals surface area contributed by atoms with Gasteiger partial charge in [0.05, 0.1) is 11.9 Å². The van der Waals surface area contributed by atoms with Crippen molar-refractivity contribution in [2.45, 2.75) is 39.3 Å². The Labute approximate surface area is 242 Å². The van der Waals surface area contributed by atoms with E-state index in [1.807, 2.05) is 68.4 Å². The first-order valence-electron chi connectivity index (χ1n) is 13.7. The molecule has 2 amide bonds. The van der Waals surface area contributed by atoms with Crippen LogP contribution in [-0.2, 0) is 32.6 Å². The second kappa shape index (κ2) is 13.5. The Balaban J connectivity index is 1.72. The van der Waals surface area contributed by atoms with Crippen LogP contribution in [0.15, 0.2) is 72.8 Å². The highest BCUT2D eigenvalue weighted by molar-refractivity contribution is 7.92. The number of aryl methyl sites for hydroxylation is 1. The zero-order valence-electron chi connectivity index (χ0n) is 23.7. The SMILES string of the molecule is CCCNC(=O)C(Cc1ccccc1)N(Cc1cccc(C)c1)C(=O)CN(c1ccc2c(c1)OCCO2)S(C)(=O)=O. The molecule has 1 heterocycles. The number of carbonyl (C=O) groups is 2. The topological polar surface area (TPSA) is 105 Å². The number of nitrogens with one attached hydrogen (secondary N) is 1. The number of nitrogens with zero attached hydrogens (tertiary/aromatic N) is 2. The van der Waals surface area contributed by atoms with Gasteiger partial charge in [-0.05, 0) is 36.6 Å². The summed E-state index contributed by atoms with van der Waals surface area (Å²) in [6, 6.07) is 21.1. The first-order valence-corrected chi connectivity index (χ1v) is 15.5. The van der Waals surface area contributed by atoms with Crippen molar-refractivity contribution in [1.82, 2.24) is 10.2 Å². The molecule has 1 N–H and O–H groups in total. The highest BCUT2D eigenvalue weighted by atomic mass is 32.2. The highest BCUT2D eigenvalue weighted by Gasteiger charge is 2.33. The van der Waals surface area contributed by atoms with Gasteiger partial charge >= 0.3 is 0 Å². The van der Waals surface area contributed by atoms with Gasteiger partial charge in [-0.25, -0.2) is 8.42 Å². The molecule has 1 atom stereocenters. The molecule has 0 aliphatic carbocycles. The zero-order valence-corrected chi connectivity index (χ0v) is 24.5. The maximum atomic E-state index is 14.1. The number of ether oxygens (including phenoxy) is 2. The molecule has 3 aromatic carbocycles. The quantitative estimate of drug-likeness (QED) is 0.351. The maximum absolute atomic E-state index is 14.1. The molecule has 0 radical (unpaired) electrons.